The number of ether oxygens (including phenoxy) is 2. The number of rotatable bonds is 10. The maximum atomic E-state index is 6.12. The van der Waals surface area contributed by atoms with Crippen LogP contribution in [0.3, 0.4) is 0 Å². The van der Waals surface area contributed by atoms with Crippen molar-refractivity contribution < 1.29 is 9.47 Å². The third-order valence-corrected chi connectivity index (χ3v) is 9.35. The standard InChI is InChI=1S/C23H22N4O.C22H21N5O/c1-15-8-9-21(20-7-5-4-6-19(15)20)28-14-18-10-11-24-22(12-18)27-23-13-25-16(2)17(3)26-23;1-14-15(2)26-22(12-25-14)27-21-11-16(9-10-24-21)13-28-20-8-7-19(23)17-5-3-4-6-18(17)20/h4-13H,14H2,1-3H3,(H,24,26,27);3-12H,13,23H2,1-2H3,(H,24,26,27). The summed E-state index contributed by atoms with van der Waals surface area (Å²) >= 11 is 0. The van der Waals surface area contributed by atoms with Gasteiger partial charge in [0.15, 0.2) is 0 Å². The van der Waals surface area contributed by atoms with Crippen LogP contribution in [-0.4, -0.2) is 29.9 Å². The molecular weight excluding hydrogens is 699 g/mol. The number of pyridine rings is 2. The highest BCUT2D eigenvalue weighted by Crippen LogP contribution is 2.31. The first-order valence-corrected chi connectivity index (χ1v) is 18.3. The predicted molar refractivity (Wildman–Crippen MR) is 224 cm³/mol. The second kappa shape index (κ2) is 16.9. The molecule has 0 spiro atoms. The summed E-state index contributed by atoms with van der Waals surface area (Å²) in [5, 5.41) is 10.7. The highest BCUT2D eigenvalue weighted by molar-refractivity contribution is 5.97. The monoisotopic (exact) mass is 741 g/mol. The second-order valence-electron chi connectivity index (χ2n) is 13.4. The van der Waals surface area contributed by atoms with Crippen LogP contribution in [0.15, 0.2) is 122 Å². The van der Waals surface area contributed by atoms with Crippen molar-refractivity contribution >= 4 is 50.5 Å². The van der Waals surface area contributed by atoms with Crippen LogP contribution in [0.4, 0.5) is 29.0 Å². The number of hydrogen-bond acceptors (Lipinski definition) is 11. The van der Waals surface area contributed by atoms with Crippen LogP contribution >= 0.6 is 0 Å². The van der Waals surface area contributed by atoms with Crippen molar-refractivity contribution in [3.8, 4) is 11.5 Å². The highest BCUT2D eigenvalue weighted by Gasteiger charge is 2.09. The second-order valence-corrected chi connectivity index (χ2v) is 13.4. The molecule has 0 saturated carbocycles. The average Bonchev–Trinajstić information content (AvgIpc) is 3.21. The maximum Gasteiger partial charge on any atom is 0.150 e. The number of nitrogens with zero attached hydrogens (tertiary/aromatic N) is 6. The first-order chi connectivity index (χ1) is 27.2. The summed E-state index contributed by atoms with van der Waals surface area (Å²) in [6.07, 6.45) is 6.93. The van der Waals surface area contributed by atoms with Gasteiger partial charge < -0.3 is 25.8 Å². The molecule has 8 aromatic rings. The molecule has 0 amide bonds. The van der Waals surface area contributed by atoms with Gasteiger partial charge in [-0.1, -0.05) is 54.6 Å². The fourth-order valence-corrected chi connectivity index (χ4v) is 6.02. The van der Waals surface area contributed by atoms with Crippen LogP contribution in [0.1, 0.15) is 39.5 Å². The zero-order valence-electron chi connectivity index (χ0n) is 32.0. The zero-order chi connectivity index (χ0) is 39.0. The molecule has 56 heavy (non-hydrogen) atoms. The quantitative estimate of drug-likeness (QED) is 0.115. The number of hydrogen-bond donors (Lipinski definition) is 3. The molecule has 4 N–H and O–H groups in total. The molecule has 11 heteroatoms. The molecule has 0 bridgehead atoms. The van der Waals surface area contributed by atoms with Crippen molar-refractivity contribution in [3.63, 3.8) is 0 Å². The van der Waals surface area contributed by atoms with Crippen molar-refractivity contribution in [1.29, 1.82) is 0 Å². The minimum Gasteiger partial charge on any atom is -0.488 e. The Morgan fingerprint density at radius 3 is 1.46 bits per heavy atom. The molecule has 0 radical (unpaired) electrons. The lowest BCUT2D eigenvalue weighted by Gasteiger charge is -2.12. The Labute approximate surface area is 326 Å². The average molecular weight is 742 g/mol. The lowest BCUT2D eigenvalue weighted by atomic mass is 10.0. The number of fused-ring (bicyclic) bond motifs is 2. The van der Waals surface area contributed by atoms with E-state index in [9.17, 15) is 0 Å². The molecule has 280 valence electrons. The van der Waals surface area contributed by atoms with E-state index in [2.05, 4.69) is 71.7 Å². The predicted octanol–water partition coefficient (Wildman–Crippen LogP) is 9.82. The molecule has 0 saturated heterocycles. The first kappa shape index (κ1) is 37.2. The van der Waals surface area contributed by atoms with E-state index in [0.29, 0.717) is 36.5 Å². The Kier molecular flexibility index (Phi) is 11.2. The van der Waals surface area contributed by atoms with Crippen molar-refractivity contribution in [3.05, 3.63) is 161 Å². The molecule has 0 unspecified atom stereocenters. The molecule has 4 heterocycles. The molecular formula is C45H43N9O2. The van der Waals surface area contributed by atoms with E-state index in [1.54, 1.807) is 24.8 Å². The zero-order valence-corrected chi connectivity index (χ0v) is 32.0. The lowest BCUT2D eigenvalue weighted by molar-refractivity contribution is 0.310. The minimum atomic E-state index is 0.420. The van der Waals surface area contributed by atoms with Crippen LogP contribution < -0.4 is 25.8 Å². The van der Waals surface area contributed by atoms with Gasteiger partial charge in [0, 0.05) is 34.2 Å². The Hall–Kier alpha value is -7.14. The molecule has 0 aliphatic heterocycles. The summed E-state index contributed by atoms with van der Waals surface area (Å²) in [5.41, 5.74) is 13.7. The topological polar surface area (TPSA) is 146 Å². The smallest absolute Gasteiger partial charge is 0.150 e. The van der Waals surface area contributed by atoms with Crippen molar-refractivity contribution in [2.75, 3.05) is 16.4 Å². The Morgan fingerprint density at radius 2 is 0.946 bits per heavy atom. The molecule has 0 atom stereocenters. The summed E-state index contributed by atoms with van der Waals surface area (Å²) in [6.45, 7) is 10.7. The largest absolute Gasteiger partial charge is 0.488 e. The van der Waals surface area contributed by atoms with Gasteiger partial charge in [-0.2, -0.15) is 0 Å². The van der Waals surface area contributed by atoms with Crippen LogP contribution in [-0.2, 0) is 13.2 Å². The van der Waals surface area contributed by atoms with Gasteiger partial charge >= 0.3 is 0 Å². The van der Waals surface area contributed by atoms with E-state index < -0.39 is 0 Å². The summed E-state index contributed by atoms with van der Waals surface area (Å²) in [5.74, 6) is 4.44. The van der Waals surface area contributed by atoms with Crippen molar-refractivity contribution in [2.45, 2.75) is 47.8 Å². The van der Waals surface area contributed by atoms with Gasteiger partial charge in [-0.05, 0) is 99.2 Å². The molecule has 4 aromatic carbocycles. The molecule has 0 fully saturated rings. The number of aromatic nitrogens is 6. The summed E-state index contributed by atoms with van der Waals surface area (Å²) in [7, 11) is 0. The van der Waals surface area contributed by atoms with E-state index in [-0.39, 0.29) is 0 Å². The third-order valence-electron chi connectivity index (χ3n) is 9.35. The number of aryl methyl sites for hydroxylation is 5. The number of anilines is 5. The first-order valence-electron chi connectivity index (χ1n) is 18.3. The number of nitrogens with two attached hydrogens (primary N) is 1. The van der Waals surface area contributed by atoms with Gasteiger partial charge in [0.25, 0.3) is 0 Å². The van der Waals surface area contributed by atoms with Crippen molar-refractivity contribution in [1.82, 2.24) is 29.9 Å². The van der Waals surface area contributed by atoms with Gasteiger partial charge in [-0.25, -0.2) is 19.9 Å². The molecule has 11 nitrogen and oxygen atoms in total. The molecule has 0 aliphatic carbocycles. The van der Waals surface area contributed by atoms with Gasteiger partial charge in [-0.3, -0.25) is 9.97 Å². The van der Waals surface area contributed by atoms with Crippen molar-refractivity contribution in [2.24, 2.45) is 0 Å². The Bertz CT molecular complexity index is 2470. The van der Waals surface area contributed by atoms with Crippen LogP contribution in [0, 0.1) is 34.6 Å². The van der Waals surface area contributed by atoms with Gasteiger partial charge in [0.05, 0.1) is 35.2 Å². The van der Waals surface area contributed by atoms with E-state index in [1.807, 2.05) is 100 Å². The van der Waals surface area contributed by atoms with Gasteiger partial charge in [0.2, 0.25) is 0 Å². The number of benzene rings is 4. The van der Waals surface area contributed by atoms with Crippen LogP contribution in [0.25, 0.3) is 21.5 Å². The third kappa shape index (κ3) is 8.96. The normalized spacial score (nSPS) is 10.8. The van der Waals surface area contributed by atoms with E-state index in [0.717, 1.165) is 67.2 Å². The summed E-state index contributed by atoms with van der Waals surface area (Å²) in [4.78, 5) is 26.3. The van der Waals surface area contributed by atoms with E-state index in [1.165, 1.54) is 10.9 Å². The maximum absolute atomic E-state index is 6.12. The van der Waals surface area contributed by atoms with Crippen LogP contribution in [0.2, 0.25) is 0 Å². The minimum absolute atomic E-state index is 0.420. The Balaban J connectivity index is 0.000000172. The fourth-order valence-electron chi connectivity index (χ4n) is 6.02. The van der Waals surface area contributed by atoms with Crippen LogP contribution in [0.5, 0.6) is 11.5 Å². The SMILES string of the molecule is Cc1ncc(Nc2cc(COc3ccc(C)c4ccccc34)ccn2)nc1C.Cc1ncc(Nc2cc(COc3ccc(N)c4ccccc34)ccn2)nc1C. The highest BCUT2D eigenvalue weighted by atomic mass is 16.5. The number of nitrogens with one attached hydrogen (secondary N) is 2. The summed E-state index contributed by atoms with van der Waals surface area (Å²) < 4.78 is 12.2. The van der Waals surface area contributed by atoms with Gasteiger partial charge in [-0.15, -0.1) is 0 Å². The molecule has 4 aromatic heterocycles. The lowest BCUT2D eigenvalue weighted by Crippen LogP contribution is -2.02. The Morgan fingerprint density at radius 1 is 0.482 bits per heavy atom. The fraction of sp³-hybridized carbons (Fsp3) is 0.156. The summed E-state index contributed by atoms with van der Waals surface area (Å²) in [6, 6.07) is 31.9. The number of nitrogen functional groups attached to an aromatic ring is 1. The van der Waals surface area contributed by atoms with E-state index >= 15 is 0 Å². The molecule has 0 aliphatic rings. The van der Waals surface area contributed by atoms with Gasteiger partial charge in [0.1, 0.15) is 48.0 Å². The van der Waals surface area contributed by atoms with E-state index in [4.69, 9.17) is 15.2 Å². The molecule has 8 rings (SSSR count).